The van der Waals surface area contributed by atoms with Gasteiger partial charge in [-0.15, -0.1) is 0 Å². The molecule has 0 saturated carbocycles. The molecule has 1 saturated heterocycles. The predicted octanol–water partition coefficient (Wildman–Crippen LogP) is 4.26. The average Bonchev–Trinajstić information content (AvgIpc) is 2.66. The normalized spacial score (nSPS) is 27.3. The maximum absolute atomic E-state index is 12.6. The first kappa shape index (κ1) is 21.5. The summed E-state index contributed by atoms with van der Waals surface area (Å²) in [7, 11) is 0. The van der Waals surface area contributed by atoms with Crippen LogP contribution < -0.4 is 5.32 Å². The highest BCUT2D eigenvalue weighted by Crippen LogP contribution is 2.44. The van der Waals surface area contributed by atoms with Gasteiger partial charge in [0.15, 0.2) is 0 Å². The first-order chi connectivity index (χ1) is 13.6. The number of fused-ring (bicyclic) bond motifs is 2. The second-order valence-corrected chi connectivity index (χ2v) is 9.42. The van der Waals surface area contributed by atoms with Crippen LogP contribution in [0.1, 0.15) is 59.4 Å². The second kappa shape index (κ2) is 8.27. The summed E-state index contributed by atoms with van der Waals surface area (Å²) >= 11 is 0. The van der Waals surface area contributed by atoms with E-state index in [0.717, 1.165) is 24.8 Å². The Bertz CT molecular complexity index is 794. The second-order valence-electron chi connectivity index (χ2n) is 9.42. The van der Waals surface area contributed by atoms with Gasteiger partial charge in [0.2, 0.25) is 5.91 Å². The summed E-state index contributed by atoms with van der Waals surface area (Å²) in [6, 6.07) is 3.67. The zero-order valence-electron chi connectivity index (χ0n) is 18.1. The number of esters is 1. The fourth-order valence-electron chi connectivity index (χ4n) is 3.96. The van der Waals surface area contributed by atoms with Gasteiger partial charge >= 0.3 is 5.97 Å². The highest BCUT2D eigenvalue weighted by atomic mass is 16.5. The number of hydrogen-bond donors (Lipinski definition) is 1. The molecule has 0 spiro atoms. The lowest BCUT2D eigenvalue weighted by atomic mass is 9.70. The van der Waals surface area contributed by atoms with Crippen LogP contribution in [0.3, 0.4) is 0 Å². The molecule has 2 bridgehead atoms. The molecular weight excluding hydrogens is 368 g/mol. The number of pyridine rings is 1. The number of nitrogens with one attached hydrogen (secondary N) is 1. The number of anilines is 1. The van der Waals surface area contributed by atoms with Crippen molar-refractivity contribution in [1.29, 1.82) is 0 Å². The number of allylic oxidation sites excluding steroid dienone is 1. The highest BCUT2D eigenvalue weighted by molar-refractivity contribution is 5.93. The van der Waals surface area contributed by atoms with Gasteiger partial charge in [0, 0.05) is 11.6 Å². The summed E-state index contributed by atoms with van der Waals surface area (Å²) in [4.78, 5) is 29.0. The number of cyclic esters (lactones) is 1. The number of nitrogens with zero attached hydrogens (tertiary/aromatic N) is 1. The molecule has 2 unspecified atom stereocenters. The summed E-state index contributed by atoms with van der Waals surface area (Å²) < 4.78 is 11.8. The van der Waals surface area contributed by atoms with Crippen LogP contribution in [0.5, 0.6) is 0 Å². The first-order valence-electron chi connectivity index (χ1n) is 10.4. The van der Waals surface area contributed by atoms with Crippen LogP contribution in [0.15, 0.2) is 30.0 Å². The number of hydrogen-bond acceptors (Lipinski definition) is 5. The number of aromatic nitrogens is 1. The van der Waals surface area contributed by atoms with Crippen molar-refractivity contribution in [3.05, 3.63) is 35.5 Å². The van der Waals surface area contributed by atoms with Crippen molar-refractivity contribution in [1.82, 2.24) is 4.98 Å². The standard InChI is InChI=1S/C23H32N2O4/c1-15-11-17-7-6-10-28-20(26)18(12-15)23(17,5)29-14-16-8-9-19(24-13-16)25-21(27)22(2,3)4/h8-9,12-13,15,17H,6-7,10-11,14H2,1-5H3,(H,24,25,27)/t15?,17?,23-/m0/s1. The highest BCUT2D eigenvalue weighted by Gasteiger charge is 2.46. The maximum atomic E-state index is 12.6. The molecule has 2 aliphatic rings. The molecule has 158 valence electrons. The maximum Gasteiger partial charge on any atom is 0.336 e. The van der Waals surface area contributed by atoms with Gasteiger partial charge in [0.05, 0.1) is 18.8 Å². The van der Waals surface area contributed by atoms with Crippen molar-refractivity contribution < 1.29 is 19.1 Å². The third-order valence-corrected chi connectivity index (χ3v) is 5.86. The largest absolute Gasteiger partial charge is 0.462 e. The number of ether oxygens (including phenoxy) is 2. The van der Waals surface area contributed by atoms with Crippen molar-refractivity contribution >= 4 is 17.7 Å². The molecule has 1 fully saturated rings. The van der Waals surface area contributed by atoms with Crippen LogP contribution in [0.2, 0.25) is 0 Å². The van der Waals surface area contributed by atoms with Gasteiger partial charge < -0.3 is 14.8 Å². The van der Waals surface area contributed by atoms with Crippen molar-refractivity contribution in [2.24, 2.45) is 17.3 Å². The molecule has 6 nitrogen and oxygen atoms in total. The lowest BCUT2D eigenvalue weighted by molar-refractivity contribution is -0.149. The number of amides is 1. The smallest absolute Gasteiger partial charge is 0.336 e. The molecule has 1 N–H and O–H groups in total. The topological polar surface area (TPSA) is 77.5 Å². The van der Waals surface area contributed by atoms with Crippen LogP contribution >= 0.6 is 0 Å². The molecule has 3 rings (SSSR count). The third kappa shape index (κ3) is 4.86. The molecule has 3 atom stereocenters. The van der Waals surface area contributed by atoms with Gasteiger partial charge in [-0.2, -0.15) is 0 Å². The van der Waals surface area contributed by atoms with E-state index in [1.54, 1.807) is 12.3 Å². The Balaban J connectivity index is 1.71. The minimum Gasteiger partial charge on any atom is -0.462 e. The first-order valence-corrected chi connectivity index (χ1v) is 10.4. The molecule has 0 aromatic carbocycles. The van der Waals surface area contributed by atoms with Crippen molar-refractivity contribution in [2.75, 3.05) is 11.9 Å². The molecule has 1 aromatic heterocycles. The fraction of sp³-hybridized carbons (Fsp3) is 0.609. The summed E-state index contributed by atoms with van der Waals surface area (Å²) in [5.74, 6) is 0.793. The van der Waals surface area contributed by atoms with E-state index in [1.165, 1.54) is 0 Å². The quantitative estimate of drug-likeness (QED) is 0.764. The average molecular weight is 401 g/mol. The van der Waals surface area contributed by atoms with E-state index in [1.807, 2.05) is 39.8 Å². The van der Waals surface area contributed by atoms with E-state index in [-0.39, 0.29) is 17.8 Å². The Morgan fingerprint density at radius 1 is 1.38 bits per heavy atom. The molecule has 0 radical (unpaired) electrons. The molecule has 1 amide bonds. The van der Waals surface area contributed by atoms with E-state index in [9.17, 15) is 9.59 Å². The Labute approximate surface area is 173 Å². The third-order valence-electron chi connectivity index (χ3n) is 5.86. The SMILES string of the molecule is CC1C=C2C(=O)OCCCC(C1)[C@]2(C)OCc1ccc(NC(=O)C(C)(C)C)nc1. The Morgan fingerprint density at radius 3 is 2.79 bits per heavy atom. The van der Waals surface area contributed by atoms with Crippen LogP contribution in [0.25, 0.3) is 0 Å². The zero-order valence-corrected chi connectivity index (χ0v) is 18.1. The monoisotopic (exact) mass is 400 g/mol. The van der Waals surface area contributed by atoms with Gasteiger partial charge in [-0.05, 0) is 49.7 Å². The van der Waals surface area contributed by atoms with Crippen LogP contribution in [0.4, 0.5) is 5.82 Å². The Hall–Kier alpha value is -2.21. The summed E-state index contributed by atoms with van der Waals surface area (Å²) in [5, 5.41) is 2.82. The molecule has 1 aliphatic heterocycles. The molecular formula is C23H32N2O4. The molecule has 6 heteroatoms. The molecule has 29 heavy (non-hydrogen) atoms. The summed E-state index contributed by atoms with van der Waals surface area (Å²) in [5.41, 5.74) is 0.390. The zero-order chi connectivity index (χ0) is 21.2. The van der Waals surface area contributed by atoms with E-state index >= 15 is 0 Å². The minimum atomic E-state index is -0.664. The number of carbonyl (C=O) groups excluding carboxylic acids is 2. The van der Waals surface area contributed by atoms with Gasteiger partial charge in [0.25, 0.3) is 0 Å². The van der Waals surface area contributed by atoms with E-state index < -0.39 is 11.0 Å². The predicted molar refractivity (Wildman–Crippen MR) is 111 cm³/mol. The van der Waals surface area contributed by atoms with E-state index in [4.69, 9.17) is 9.47 Å². The molecule has 1 aliphatic carbocycles. The number of carbonyl (C=O) groups is 2. The summed E-state index contributed by atoms with van der Waals surface area (Å²) in [6.07, 6.45) is 6.55. The fourth-order valence-corrected chi connectivity index (χ4v) is 3.96. The van der Waals surface area contributed by atoms with Crippen LogP contribution in [-0.4, -0.2) is 29.1 Å². The van der Waals surface area contributed by atoms with E-state index in [0.29, 0.717) is 30.5 Å². The van der Waals surface area contributed by atoms with Crippen molar-refractivity contribution in [3.8, 4) is 0 Å². The van der Waals surface area contributed by atoms with Crippen LogP contribution in [-0.2, 0) is 25.7 Å². The minimum absolute atomic E-state index is 0.0802. The Kier molecular flexibility index (Phi) is 6.13. The molecule has 2 heterocycles. The van der Waals surface area contributed by atoms with Crippen LogP contribution in [0, 0.1) is 17.3 Å². The van der Waals surface area contributed by atoms with Gasteiger partial charge in [-0.25, -0.2) is 9.78 Å². The van der Waals surface area contributed by atoms with Gasteiger partial charge in [-0.1, -0.05) is 39.8 Å². The van der Waals surface area contributed by atoms with Gasteiger partial charge in [0.1, 0.15) is 11.4 Å². The van der Waals surface area contributed by atoms with Gasteiger partial charge in [-0.3, -0.25) is 4.79 Å². The number of rotatable bonds is 4. The Morgan fingerprint density at radius 2 is 2.14 bits per heavy atom. The molecule has 1 aromatic rings. The lowest BCUT2D eigenvalue weighted by Crippen LogP contribution is -2.47. The lowest BCUT2D eigenvalue weighted by Gasteiger charge is -2.44. The van der Waals surface area contributed by atoms with Crippen molar-refractivity contribution in [2.45, 2.75) is 66.1 Å². The summed E-state index contributed by atoms with van der Waals surface area (Å²) in [6.45, 7) is 10.5. The van der Waals surface area contributed by atoms with Crippen molar-refractivity contribution in [3.63, 3.8) is 0 Å². The van der Waals surface area contributed by atoms with E-state index in [2.05, 4.69) is 17.2 Å².